The van der Waals surface area contributed by atoms with E-state index in [-0.39, 0.29) is 17.7 Å². The Hall–Kier alpha value is -1.78. The zero-order chi connectivity index (χ0) is 13.6. The van der Waals surface area contributed by atoms with Gasteiger partial charge in [-0.25, -0.2) is 0 Å². The zero-order valence-electron chi connectivity index (χ0n) is 11.1. The lowest BCUT2D eigenvalue weighted by molar-refractivity contribution is -0.122. The molecule has 5 heteroatoms. The summed E-state index contributed by atoms with van der Waals surface area (Å²) in [5.74, 6) is 0.272. The molecule has 102 valence electrons. The minimum atomic E-state index is -0.422. The number of amides is 2. The number of carbonyl (C=O) groups is 2. The van der Waals surface area contributed by atoms with Crippen molar-refractivity contribution in [3.63, 3.8) is 0 Å². The summed E-state index contributed by atoms with van der Waals surface area (Å²) in [5.41, 5.74) is 7.09. The molecular formula is C14H19N3O2. The second-order valence-electron chi connectivity index (χ2n) is 5.71. The van der Waals surface area contributed by atoms with E-state index >= 15 is 0 Å². The van der Waals surface area contributed by atoms with Crippen molar-refractivity contribution in [3.8, 4) is 0 Å². The van der Waals surface area contributed by atoms with Gasteiger partial charge >= 0.3 is 0 Å². The third-order valence-corrected chi connectivity index (χ3v) is 4.63. The van der Waals surface area contributed by atoms with Gasteiger partial charge in [0.05, 0.1) is 5.56 Å². The van der Waals surface area contributed by atoms with Gasteiger partial charge in [0.1, 0.15) is 6.04 Å². The van der Waals surface area contributed by atoms with Gasteiger partial charge in [0, 0.05) is 18.9 Å². The van der Waals surface area contributed by atoms with Crippen molar-refractivity contribution in [2.24, 2.45) is 17.6 Å². The molecule has 5 nitrogen and oxygen atoms in total. The first-order chi connectivity index (χ1) is 9.09. The minimum absolute atomic E-state index is 0.0723. The molecule has 3 N–H and O–H groups in total. The predicted molar refractivity (Wildman–Crippen MR) is 70.4 cm³/mol. The number of hydrogen-bond acceptors (Lipinski definition) is 2. The van der Waals surface area contributed by atoms with Crippen molar-refractivity contribution in [1.82, 2.24) is 9.88 Å². The first kappa shape index (κ1) is 12.3. The Balaban J connectivity index is 1.90. The highest BCUT2D eigenvalue weighted by molar-refractivity contribution is 5.98. The van der Waals surface area contributed by atoms with Crippen molar-refractivity contribution in [1.29, 1.82) is 0 Å². The fraction of sp³-hybridized carbons (Fsp3) is 0.571. The van der Waals surface area contributed by atoms with Crippen LogP contribution in [-0.4, -0.2) is 34.3 Å². The van der Waals surface area contributed by atoms with Crippen molar-refractivity contribution in [2.45, 2.75) is 32.2 Å². The molecule has 0 aromatic carbocycles. The zero-order valence-corrected chi connectivity index (χ0v) is 11.1. The van der Waals surface area contributed by atoms with Crippen molar-refractivity contribution < 1.29 is 9.59 Å². The molecule has 1 aliphatic carbocycles. The minimum Gasteiger partial charge on any atom is -0.368 e. The Morgan fingerprint density at radius 2 is 2.16 bits per heavy atom. The molecule has 0 bridgehead atoms. The summed E-state index contributed by atoms with van der Waals surface area (Å²) in [7, 11) is 0. The Morgan fingerprint density at radius 3 is 2.79 bits per heavy atom. The van der Waals surface area contributed by atoms with Crippen molar-refractivity contribution in [2.75, 3.05) is 6.54 Å². The van der Waals surface area contributed by atoms with Crippen LogP contribution in [0.5, 0.6) is 0 Å². The number of H-pyrrole nitrogens is 1. The number of aryl methyl sites for hydroxylation is 1. The number of hydrogen-bond donors (Lipinski definition) is 2. The number of primary amides is 1. The van der Waals surface area contributed by atoms with Crippen molar-refractivity contribution >= 4 is 11.8 Å². The van der Waals surface area contributed by atoms with Crippen LogP contribution >= 0.6 is 0 Å². The Morgan fingerprint density at radius 1 is 1.37 bits per heavy atom. The maximum atomic E-state index is 12.6. The topological polar surface area (TPSA) is 79.2 Å². The first-order valence-electron chi connectivity index (χ1n) is 6.83. The number of likely N-dealkylation sites (tertiary alicyclic amines) is 1. The van der Waals surface area contributed by atoms with E-state index in [1.165, 1.54) is 0 Å². The summed E-state index contributed by atoms with van der Waals surface area (Å²) in [6.07, 6.45) is 6.75. The van der Waals surface area contributed by atoms with E-state index in [1.807, 2.05) is 6.92 Å². The van der Waals surface area contributed by atoms with Gasteiger partial charge in [-0.15, -0.1) is 0 Å². The third kappa shape index (κ3) is 1.84. The smallest absolute Gasteiger partial charge is 0.256 e. The number of aromatic nitrogens is 1. The molecule has 1 aromatic rings. The molecule has 0 radical (unpaired) electrons. The van der Waals surface area contributed by atoms with Gasteiger partial charge in [-0.05, 0) is 37.2 Å². The quantitative estimate of drug-likeness (QED) is 0.834. The van der Waals surface area contributed by atoms with Crippen LogP contribution in [0.25, 0.3) is 0 Å². The second kappa shape index (κ2) is 4.40. The van der Waals surface area contributed by atoms with E-state index in [1.54, 1.807) is 17.3 Å². The van der Waals surface area contributed by atoms with Crippen LogP contribution in [0.1, 0.15) is 35.2 Å². The molecule has 1 saturated carbocycles. The van der Waals surface area contributed by atoms with Crippen LogP contribution in [-0.2, 0) is 4.79 Å². The maximum absolute atomic E-state index is 12.6. The van der Waals surface area contributed by atoms with E-state index < -0.39 is 6.04 Å². The average Bonchev–Trinajstić information content (AvgIpc) is 3.00. The summed E-state index contributed by atoms with van der Waals surface area (Å²) in [6, 6.07) is -0.422. The number of nitrogens with two attached hydrogens (primary N) is 1. The summed E-state index contributed by atoms with van der Waals surface area (Å²) in [5, 5.41) is 0. The lowest BCUT2D eigenvalue weighted by Crippen LogP contribution is -2.46. The van der Waals surface area contributed by atoms with Gasteiger partial charge in [-0.2, -0.15) is 0 Å². The average molecular weight is 261 g/mol. The largest absolute Gasteiger partial charge is 0.368 e. The van der Waals surface area contributed by atoms with Gasteiger partial charge < -0.3 is 15.6 Å². The van der Waals surface area contributed by atoms with E-state index in [4.69, 9.17) is 5.73 Å². The van der Waals surface area contributed by atoms with Crippen LogP contribution < -0.4 is 5.73 Å². The molecule has 1 aliphatic heterocycles. The molecule has 3 rings (SSSR count). The first-order valence-corrected chi connectivity index (χ1v) is 6.83. The van der Waals surface area contributed by atoms with E-state index in [2.05, 4.69) is 4.98 Å². The van der Waals surface area contributed by atoms with Crippen molar-refractivity contribution in [3.05, 3.63) is 23.5 Å². The number of fused-ring (bicyclic) bond motifs is 1. The maximum Gasteiger partial charge on any atom is 0.256 e. The molecule has 0 unspecified atom stereocenters. The molecule has 19 heavy (non-hydrogen) atoms. The van der Waals surface area contributed by atoms with Crippen LogP contribution in [0, 0.1) is 18.8 Å². The lowest BCUT2D eigenvalue weighted by Gasteiger charge is -2.25. The van der Waals surface area contributed by atoms with E-state index in [0.29, 0.717) is 18.0 Å². The molecule has 2 amide bonds. The number of nitrogens with one attached hydrogen (secondary N) is 1. The number of aromatic amines is 1. The summed E-state index contributed by atoms with van der Waals surface area (Å²) in [4.78, 5) is 28.9. The van der Waals surface area contributed by atoms with Gasteiger partial charge in [0.25, 0.3) is 5.91 Å². The van der Waals surface area contributed by atoms with E-state index in [0.717, 1.165) is 24.8 Å². The Kier molecular flexibility index (Phi) is 2.84. The molecule has 2 heterocycles. The molecule has 2 aliphatic rings. The SMILES string of the molecule is Cc1c[nH]cc1C(=O)N1C[C@@H]2CCC[C@H]2[C@@H]1C(N)=O. The summed E-state index contributed by atoms with van der Waals surface area (Å²) < 4.78 is 0. The monoisotopic (exact) mass is 261 g/mol. The normalized spacial score (nSPS) is 29.5. The number of nitrogens with zero attached hydrogens (tertiary/aromatic N) is 1. The highest BCUT2D eigenvalue weighted by Gasteiger charge is 2.48. The highest BCUT2D eigenvalue weighted by atomic mass is 16.2. The summed E-state index contributed by atoms with van der Waals surface area (Å²) in [6.45, 7) is 2.56. The van der Waals surface area contributed by atoms with Gasteiger partial charge in [-0.3, -0.25) is 9.59 Å². The van der Waals surface area contributed by atoms with E-state index in [9.17, 15) is 9.59 Å². The predicted octanol–water partition coefficient (Wildman–Crippen LogP) is 1.05. The molecule has 1 saturated heterocycles. The van der Waals surface area contributed by atoms with Gasteiger partial charge in [0.2, 0.25) is 5.91 Å². The molecule has 3 atom stereocenters. The van der Waals surface area contributed by atoms with Gasteiger partial charge in [-0.1, -0.05) is 6.42 Å². The number of rotatable bonds is 2. The molecular weight excluding hydrogens is 242 g/mol. The fourth-order valence-corrected chi connectivity index (χ4v) is 3.71. The van der Waals surface area contributed by atoms with Crippen LogP contribution in [0.3, 0.4) is 0 Å². The van der Waals surface area contributed by atoms with Gasteiger partial charge in [0.15, 0.2) is 0 Å². The molecule has 1 aromatic heterocycles. The standard InChI is InChI=1S/C14H19N3O2/c1-8-5-16-6-11(8)14(19)17-7-9-3-2-4-10(9)12(17)13(15)18/h5-6,9-10,12,16H,2-4,7H2,1H3,(H2,15,18)/t9-,10+,12+/m0/s1. The van der Waals surface area contributed by atoms with Crippen LogP contribution in [0.2, 0.25) is 0 Å². The number of carbonyl (C=O) groups excluding carboxylic acids is 2. The fourth-order valence-electron chi connectivity index (χ4n) is 3.71. The molecule has 2 fully saturated rings. The highest BCUT2D eigenvalue weighted by Crippen LogP contribution is 2.42. The lowest BCUT2D eigenvalue weighted by atomic mass is 9.93. The summed E-state index contributed by atoms with van der Waals surface area (Å²) >= 11 is 0. The third-order valence-electron chi connectivity index (χ3n) is 4.63. The van der Waals surface area contributed by atoms with Crippen LogP contribution in [0.15, 0.2) is 12.4 Å². The van der Waals surface area contributed by atoms with Crippen LogP contribution in [0.4, 0.5) is 0 Å². The molecule has 0 spiro atoms. The Bertz CT molecular complexity index is 523. The Labute approximate surface area is 112 Å². The second-order valence-corrected chi connectivity index (χ2v) is 5.71.